The number of carbonyl (C=O) groups is 1. The Kier molecular flexibility index (Phi) is 5.79. The Hall–Kier alpha value is -2.62. The molecule has 0 spiro atoms. The molecule has 1 amide bonds. The Morgan fingerprint density at radius 3 is 2.84 bits per heavy atom. The van der Waals surface area contributed by atoms with Crippen LogP contribution >= 0.6 is 11.3 Å². The predicted octanol–water partition coefficient (Wildman–Crippen LogP) is 3.37. The number of aryl methyl sites for hydroxylation is 2. The fourth-order valence-corrected chi connectivity index (χ4v) is 5.09. The van der Waals surface area contributed by atoms with Gasteiger partial charge in [-0.1, -0.05) is 0 Å². The van der Waals surface area contributed by atoms with Gasteiger partial charge in [-0.15, -0.1) is 11.3 Å². The number of rotatable bonds is 6. The van der Waals surface area contributed by atoms with Crippen LogP contribution in [0.1, 0.15) is 44.6 Å². The van der Waals surface area contributed by atoms with Gasteiger partial charge in [-0.2, -0.15) is 5.10 Å². The summed E-state index contributed by atoms with van der Waals surface area (Å²) in [7, 11) is 1.80. The van der Waals surface area contributed by atoms with Crippen LogP contribution in [0.25, 0.3) is 17.2 Å². The van der Waals surface area contributed by atoms with Crippen LogP contribution in [-0.4, -0.2) is 70.1 Å². The quantitative estimate of drug-likeness (QED) is 0.569. The van der Waals surface area contributed by atoms with Crippen molar-refractivity contribution in [2.75, 3.05) is 33.4 Å². The molecule has 0 radical (unpaired) electrons. The fraction of sp³-hybridized carbons (Fsp3) is 0.478. The van der Waals surface area contributed by atoms with E-state index in [0.29, 0.717) is 43.8 Å². The number of amides is 1. The van der Waals surface area contributed by atoms with Crippen LogP contribution in [0.5, 0.6) is 0 Å². The maximum atomic E-state index is 13.3. The zero-order valence-corrected chi connectivity index (χ0v) is 19.4. The maximum absolute atomic E-state index is 13.3. The molecule has 0 bridgehead atoms. The van der Waals surface area contributed by atoms with Crippen molar-refractivity contribution < 1.29 is 14.3 Å². The number of hydrogen-bond donors (Lipinski definition) is 0. The molecule has 32 heavy (non-hydrogen) atoms. The number of aromatic nitrogens is 4. The molecule has 5 rings (SSSR count). The standard InChI is InChI=1S/C23H27N5O3S/c1-14-10-18(15(2)32-14)20-6-7-24-23(26-20)28-21(16-4-5-16)19(11-25-28)22(29)27(3)12-17-13-30-8-9-31-17/h6-7,10-11,16-17H,4-5,8-9,12-13H2,1-3H3/t17-/m0/s1. The van der Waals surface area contributed by atoms with E-state index in [1.807, 2.05) is 6.07 Å². The van der Waals surface area contributed by atoms with Gasteiger partial charge in [0.25, 0.3) is 11.9 Å². The van der Waals surface area contributed by atoms with E-state index in [1.54, 1.807) is 40.4 Å². The molecule has 2 aliphatic rings. The summed E-state index contributed by atoms with van der Waals surface area (Å²) in [4.78, 5) is 26.7. The summed E-state index contributed by atoms with van der Waals surface area (Å²) >= 11 is 1.76. The van der Waals surface area contributed by atoms with Gasteiger partial charge in [-0.25, -0.2) is 14.6 Å². The number of likely N-dealkylation sites (N-methyl/N-ethyl adjacent to an activating group) is 1. The second-order valence-corrected chi connectivity index (χ2v) is 9.91. The predicted molar refractivity (Wildman–Crippen MR) is 121 cm³/mol. The molecule has 2 fully saturated rings. The normalized spacial score (nSPS) is 18.7. The topological polar surface area (TPSA) is 82.4 Å². The summed E-state index contributed by atoms with van der Waals surface area (Å²) < 4.78 is 12.9. The third-order valence-electron chi connectivity index (χ3n) is 5.86. The molecule has 1 saturated heterocycles. The van der Waals surface area contributed by atoms with E-state index in [2.05, 4.69) is 30.0 Å². The zero-order chi connectivity index (χ0) is 22.2. The van der Waals surface area contributed by atoms with Crippen molar-refractivity contribution in [1.29, 1.82) is 0 Å². The van der Waals surface area contributed by atoms with Crippen molar-refractivity contribution >= 4 is 17.2 Å². The molecule has 1 aliphatic carbocycles. The molecule has 0 N–H and O–H groups in total. The summed E-state index contributed by atoms with van der Waals surface area (Å²) in [5, 5.41) is 4.55. The lowest BCUT2D eigenvalue weighted by Crippen LogP contribution is -2.41. The van der Waals surface area contributed by atoms with Crippen LogP contribution in [0.2, 0.25) is 0 Å². The number of ether oxygens (including phenoxy) is 2. The van der Waals surface area contributed by atoms with Crippen LogP contribution in [0.15, 0.2) is 24.5 Å². The first kappa shape index (κ1) is 21.2. The first-order valence-electron chi connectivity index (χ1n) is 10.9. The molecular weight excluding hydrogens is 426 g/mol. The lowest BCUT2D eigenvalue weighted by molar-refractivity contribution is -0.0933. The Morgan fingerprint density at radius 2 is 2.16 bits per heavy atom. The molecule has 1 atom stereocenters. The van der Waals surface area contributed by atoms with Crippen molar-refractivity contribution in [2.45, 2.75) is 38.7 Å². The SMILES string of the molecule is Cc1cc(-c2ccnc(-n3ncc(C(=O)N(C)C[C@H]4COCCO4)c3C3CC3)n2)c(C)s1. The van der Waals surface area contributed by atoms with E-state index in [0.717, 1.165) is 29.8 Å². The molecular formula is C23H27N5O3S. The van der Waals surface area contributed by atoms with E-state index < -0.39 is 0 Å². The van der Waals surface area contributed by atoms with Crippen LogP contribution in [0, 0.1) is 13.8 Å². The van der Waals surface area contributed by atoms with Gasteiger partial charge in [-0.3, -0.25) is 4.79 Å². The number of nitrogens with zero attached hydrogens (tertiary/aromatic N) is 5. The molecule has 9 heteroatoms. The number of hydrogen-bond acceptors (Lipinski definition) is 7. The zero-order valence-electron chi connectivity index (χ0n) is 18.6. The second-order valence-electron chi connectivity index (χ2n) is 8.45. The first-order chi connectivity index (χ1) is 15.5. The van der Waals surface area contributed by atoms with E-state index in [1.165, 1.54) is 9.75 Å². The summed E-state index contributed by atoms with van der Waals surface area (Å²) in [6.45, 7) is 6.36. The highest BCUT2D eigenvalue weighted by Crippen LogP contribution is 2.42. The summed E-state index contributed by atoms with van der Waals surface area (Å²) in [5.41, 5.74) is 3.50. The molecule has 8 nitrogen and oxygen atoms in total. The molecule has 1 aliphatic heterocycles. The van der Waals surface area contributed by atoms with Crippen LogP contribution < -0.4 is 0 Å². The van der Waals surface area contributed by atoms with Gasteiger partial charge < -0.3 is 14.4 Å². The van der Waals surface area contributed by atoms with Crippen molar-refractivity contribution in [3.8, 4) is 17.2 Å². The molecule has 1 saturated carbocycles. The van der Waals surface area contributed by atoms with Gasteiger partial charge in [0.2, 0.25) is 0 Å². The molecule has 4 heterocycles. The maximum Gasteiger partial charge on any atom is 0.257 e. The van der Waals surface area contributed by atoms with Gasteiger partial charge in [0.05, 0.1) is 49.1 Å². The Morgan fingerprint density at radius 1 is 1.31 bits per heavy atom. The molecule has 3 aromatic heterocycles. The van der Waals surface area contributed by atoms with Crippen LogP contribution in [0.3, 0.4) is 0 Å². The number of carbonyl (C=O) groups excluding carboxylic acids is 1. The molecule has 168 valence electrons. The van der Waals surface area contributed by atoms with Crippen LogP contribution in [0.4, 0.5) is 0 Å². The molecule has 3 aromatic rings. The minimum atomic E-state index is -0.102. The lowest BCUT2D eigenvalue weighted by Gasteiger charge is -2.27. The highest BCUT2D eigenvalue weighted by atomic mass is 32.1. The second kappa shape index (κ2) is 8.73. The summed E-state index contributed by atoms with van der Waals surface area (Å²) in [5.74, 6) is 0.739. The van der Waals surface area contributed by atoms with Gasteiger partial charge >= 0.3 is 0 Å². The van der Waals surface area contributed by atoms with Crippen molar-refractivity contribution in [2.24, 2.45) is 0 Å². The van der Waals surface area contributed by atoms with Crippen LogP contribution in [-0.2, 0) is 9.47 Å². The highest BCUT2D eigenvalue weighted by molar-refractivity contribution is 7.12. The monoisotopic (exact) mass is 453 g/mol. The Labute approximate surface area is 191 Å². The fourth-order valence-electron chi connectivity index (χ4n) is 4.15. The smallest absolute Gasteiger partial charge is 0.257 e. The lowest BCUT2D eigenvalue weighted by atomic mass is 10.1. The number of thiophene rings is 1. The van der Waals surface area contributed by atoms with E-state index in [4.69, 9.17) is 14.5 Å². The van der Waals surface area contributed by atoms with Gasteiger partial charge in [-0.05, 0) is 38.8 Å². The van der Waals surface area contributed by atoms with E-state index in [-0.39, 0.29) is 12.0 Å². The average Bonchev–Trinajstić information content (AvgIpc) is 3.45. The van der Waals surface area contributed by atoms with E-state index >= 15 is 0 Å². The highest BCUT2D eigenvalue weighted by Gasteiger charge is 2.35. The third kappa shape index (κ3) is 4.20. The Balaban J connectivity index is 1.44. The van der Waals surface area contributed by atoms with Crippen molar-refractivity contribution in [1.82, 2.24) is 24.6 Å². The minimum absolute atomic E-state index is 0.0622. The van der Waals surface area contributed by atoms with Gasteiger partial charge in [0.1, 0.15) is 0 Å². The minimum Gasteiger partial charge on any atom is -0.376 e. The molecule has 0 unspecified atom stereocenters. The van der Waals surface area contributed by atoms with E-state index in [9.17, 15) is 4.79 Å². The average molecular weight is 454 g/mol. The summed E-state index contributed by atoms with van der Waals surface area (Å²) in [6.07, 6.45) is 5.39. The summed E-state index contributed by atoms with van der Waals surface area (Å²) in [6, 6.07) is 4.07. The van der Waals surface area contributed by atoms with Gasteiger partial charge in [0.15, 0.2) is 0 Å². The van der Waals surface area contributed by atoms with Crippen molar-refractivity contribution in [3.63, 3.8) is 0 Å². The molecule has 0 aromatic carbocycles. The third-order valence-corrected chi connectivity index (χ3v) is 6.83. The Bertz CT molecular complexity index is 1130. The first-order valence-corrected chi connectivity index (χ1v) is 11.8. The van der Waals surface area contributed by atoms with Gasteiger partial charge in [0, 0.05) is 41.0 Å². The van der Waals surface area contributed by atoms with Crippen molar-refractivity contribution in [3.05, 3.63) is 45.5 Å². The largest absolute Gasteiger partial charge is 0.376 e.